The zero-order chi connectivity index (χ0) is 26.9. The minimum atomic E-state index is -0.953. The number of carbonyl (C=O) groups excluding carboxylic acids is 3. The van der Waals surface area contributed by atoms with Gasteiger partial charge in [0.25, 0.3) is 5.91 Å². The molecule has 10 nitrogen and oxygen atoms in total. The Morgan fingerprint density at radius 3 is 2.54 bits per heavy atom. The summed E-state index contributed by atoms with van der Waals surface area (Å²) in [6.07, 6.45) is 5.00. The molecule has 2 heterocycles. The van der Waals surface area contributed by atoms with Crippen LogP contribution in [0.2, 0.25) is 0 Å². The molecule has 37 heavy (non-hydrogen) atoms. The summed E-state index contributed by atoms with van der Waals surface area (Å²) in [5.74, 6) is -1.77. The molecule has 0 spiro atoms. The largest absolute Gasteiger partial charge is 0.551 e. The Kier molecular flexibility index (Phi) is 10.2. The van der Waals surface area contributed by atoms with Gasteiger partial charge in [0.05, 0.1) is 12.1 Å². The van der Waals surface area contributed by atoms with Crippen molar-refractivity contribution in [1.82, 2.24) is 25.5 Å². The van der Waals surface area contributed by atoms with E-state index in [2.05, 4.69) is 20.6 Å². The van der Waals surface area contributed by atoms with Crippen LogP contribution >= 0.6 is 0 Å². The second-order valence-electron chi connectivity index (χ2n) is 9.88. The highest BCUT2D eigenvalue weighted by molar-refractivity contribution is 6.49. The maximum atomic E-state index is 13.6. The molecule has 0 saturated carbocycles. The zero-order valence-corrected chi connectivity index (χ0v) is 22.1. The summed E-state index contributed by atoms with van der Waals surface area (Å²) in [6.45, 7) is 8.12. The summed E-state index contributed by atoms with van der Waals surface area (Å²) in [5.41, 5.74) is 0.985. The Hall–Kier alpha value is -3.31. The molecule has 1 fully saturated rings. The molecule has 1 aromatic carbocycles. The SMILES string of the molecule is CC(C)C[C@H](NC(=O)[C@H](Cc1ccccc1)NC(=O)c1cnccn1)B1OC[C@H](C)N(C)[C@H](C)C(=O)O1. The van der Waals surface area contributed by atoms with Gasteiger partial charge in [-0.15, -0.1) is 0 Å². The number of rotatable bonds is 9. The Balaban J connectivity index is 1.82. The smallest absolute Gasteiger partial charge is 0.507 e. The molecule has 2 amide bonds. The van der Waals surface area contributed by atoms with Crippen LogP contribution in [0, 0.1) is 5.92 Å². The first-order valence-electron chi connectivity index (χ1n) is 12.6. The second kappa shape index (κ2) is 13.3. The molecular weight excluding hydrogens is 473 g/mol. The number of hydrogen-bond acceptors (Lipinski definition) is 8. The molecule has 11 heteroatoms. The molecule has 2 aromatic rings. The first-order chi connectivity index (χ1) is 17.7. The Morgan fingerprint density at radius 1 is 1.16 bits per heavy atom. The van der Waals surface area contributed by atoms with E-state index >= 15 is 0 Å². The van der Waals surface area contributed by atoms with Gasteiger partial charge < -0.3 is 19.9 Å². The van der Waals surface area contributed by atoms with Crippen molar-refractivity contribution in [1.29, 1.82) is 0 Å². The molecule has 0 radical (unpaired) electrons. The highest BCUT2D eigenvalue weighted by Crippen LogP contribution is 2.17. The van der Waals surface area contributed by atoms with Crippen LogP contribution in [0.3, 0.4) is 0 Å². The van der Waals surface area contributed by atoms with Crippen LogP contribution in [0.5, 0.6) is 0 Å². The van der Waals surface area contributed by atoms with Gasteiger partial charge in [-0.25, -0.2) is 4.98 Å². The third-order valence-corrected chi connectivity index (χ3v) is 6.46. The molecule has 1 saturated heterocycles. The molecule has 1 aliphatic rings. The topological polar surface area (TPSA) is 123 Å². The average molecular weight is 509 g/mol. The lowest BCUT2D eigenvalue weighted by Crippen LogP contribution is -2.59. The summed E-state index contributed by atoms with van der Waals surface area (Å²) in [7, 11) is 0.896. The predicted molar refractivity (Wildman–Crippen MR) is 139 cm³/mol. The van der Waals surface area contributed by atoms with Crippen molar-refractivity contribution in [3.8, 4) is 0 Å². The van der Waals surface area contributed by atoms with Gasteiger partial charge in [-0.1, -0.05) is 44.2 Å². The lowest BCUT2D eigenvalue weighted by Gasteiger charge is -2.36. The van der Waals surface area contributed by atoms with Crippen LogP contribution in [0.15, 0.2) is 48.9 Å². The van der Waals surface area contributed by atoms with Gasteiger partial charge in [-0.3, -0.25) is 24.3 Å². The van der Waals surface area contributed by atoms with Crippen LogP contribution in [-0.4, -0.2) is 77.5 Å². The van der Waals surface area contributed by atoms with E-state index in [0.717, 1.165) is 5.56 Å². The fourth-order valence-corrected chi connectivity index (χ4v) is 4.08. The summed E-state index contributed by atoms with van der Waals surface area (Å²) >= 11 is 0. The van der Waals surface area contributed by atoms with Crippen molar-refractivity contribution in [2.75, 3.05) is 13.7 Å². The molecular formula is C26H36BN5O5. The van der Waals surface area contributed by atoms with Gasteiger partial charge in [-0.2, -0.15) is 0 Å². The summed E-state index contributed by atoms with van der Waals surface area (Å²) in [6, 6.07) is 8.04. The van der Waals surface area contributed by atoms with E-state index < -0.39 is 42.9 Å². The maximum Gasteiger partial charge on any atom is 0.551 e. The molecule has 198 valence electrons. The molecule has 0 unspecified atom stereocenters. The minimum absolute atomic E-state index is 0.0159. The lowest BCUT2D eigenvalue weighted by molar-refractivity contribution is -0.144. The Bertz CT molecular complexity index is 1040. The monoisotopic (exact) mass is 509 g/mol. The normalized spacial score (nSPS) is 20.4. The Morgan fingerprint density at radius 2 is 1.89 bits per heavy atom. The minimum Gasteiger partial charge on any atom is -0.507 e. The van der Waals surface area contributed by atoms with Gasteiger partial charge in [0.2, 0.25) is 5.91 Å². The van der Waals surface area contributed by atoms with Gasteiger partial charge in [-0.05, 0) is 38.8 Å². The van der Waals surface area contributed by atoms with E-state index in [1.807, 2.05) is 63.1 Å². The standard InChI is InChI=1S/C26H36BN5O5/c1-17(2)13-23(27-36-16-18(3)32(5)19(4)26(35)37-27)31-24(33)21(14-20-9-7-6-8-10-20)30-25(34)22-15-28-11-12-29-22/h6-12,15,17-19,21,23H,13-14,16H2,1-5H3,(H,30,34)(H,31,33)/t18-,19+,21-,23-/m0/s1. The zero-order valence-electron chi connectivity index (χ0n) is 22.1. The van der Waals surface area contributed by atoms with Crippen LogP contribution in [-0.2, 0) is 25.3 Å². The van der Waals surface area contributed by atoms with E-state index in [0.29, 0.717) is 13.0 Å². The quantitative estimate of drug-likeness (QED) is 0.490. The van der Waals surface area contributed by atoms with Crippen LogP contribution in [0.25, 0.3) is 0 Å². The molecule has 3 rings (SSSR count). The summed E-state index contributed by atoms with van der Waals surface area (Å²) < 4.78 is 11.7. The number of carbonyl (C=O) groups is 3. The number of hydrogen-bond donors (Lipinski definition) is 2. The highest BCUT2D eigenvalue weighted by Gasteiger charge is 2.41. The van der Waals surface area contributed by atoms with Gasteiger partial charge >= 0.3 is 13.1 Å². The van der Waals surface area contributed by atoms with Gasteiger partial charge in [0.1, 0.15) is 17.8 Å². The van der Waals surface area contributed by atoms with Gasteiger partial charge in [0, 0.05) is 31.5 Å². The maximum absolute atomic E-state index is 13.6. The number of nitrogens with zero attached hydrogens (tertiary/aromatic N) is 3. The van der Waals surface area contributed by atoms with Crippen molar-refractivity contribution in [2.24, 2.45) is 5.92 Å². The van der Waals surface area contributed by atoms with Crippen LogP contribution in [0.4, 0.5) is 0 Å². The number of aromatic nitrogens is 2. The number of nitrogens with one attached hydrogen (secondary N) is 2. The molecule has 0 aliphatic carbocycles. The van der Waals surface area contributed by atoms with E-state index in [1.165, 1.54) is 18.6 Å². The van der Waals surface area contributed by atoms with Crippen molar-refractivity contribution in [3.63, 3.8) is 0 Å². The first-order valence-corrected chi connectivity index (χ1v) is 12.6. The predicted octanol–water partition coefficient (Wildman–Crippen LogP) is 1.66. The van der Waals surface area contributed by atoms with Crippen molar-refractivity contribution < 1.29 is 23.7 Å². The van der Waals surface area contributed by atoms with E-state index in [4.69, 9.17) is 9.31 Å². The van der Waals surface area contributed by atoms with Crippen LogP contribution < -0.4 is 10.6 Å². The lowest BCUT2D eigenvalue weighted by atomic mass is 9.73. The van der Waals surface area contributed by atoms with Crippen molar-refractivity contribution in [3.05, 3.63) is 60.2 Å². The molecule has 4 atom stereocenters. The fourth-order valence-electron chi connectivity index (χ4n) is 4.08. The third-order valence-electron chi connectivity index (χ3n) is 6.46. The van der Waals surface area contributed by atoms with Crippen molar-refractivity contribution >= 4 is 24.9 Å². The highest BCUT2D eigenvalue weighted by atomic mass is 16.6. The van der Waals surface area contributed by atoms with E-state index in [1.54, 1.807) is 6.92 Å². The molecule has 1 aromatic heterocycles. The fraction of sp³-hybridized carbons (Fsp3) is 0.500. The number of amides is 2. The van der Waals surface area contributed by atoms with E-state index in [-0.39, 0.29) is 24.1 Å². The summed E-state index contributed by atoms with van der Waals surface area (Å²) in [4.78, 5) is 49.1. The van der Waals surface area contributed by atoms with Crippen molar-refractivity contribution in [2.45, 2.75) is 64.6 Å². The summed E-state index contributed by atoms with van der Waals surface area (Å²) in [5, 5.41) is 5.78. The first kappa shape index (κ1) is 28.3. The van der Waals surface area contributed by atoms with Gasteiger partial charge in [0.15, 0.2) is 0 Å². The average Bonchev–Trinajstić information content (AvgIpc) is 2.89. The van der Waals surface area contributed by atoms with Crippen LogP contribution in [0.1, 0.15) is 50.2 Å². The van der Waals surface area contributed by atoms with E-state index in [9.17, 15) is 14.4 Å². The molecule has 0 bridgehead atoms. The molecule has 1 aliphatic heterocycles. The number of likely N-dealkylation sites (N-methyl/N-ethyl adjacent to an activating group) is 1. The second-order valence-corrected chi connectivity index (χ2v) is 9.88. The Labute approximate surface area is 218 Å². The molecule has 2 N–H and O–H groups in total. The third kappa shape index (κ3) is 8.09. The number of benzene rings is 1.